The van der Waals surface area contributed by atoms with E-state index in [-0.39, 0.29) is 16.9 Å². The minimum Gasteiger partial charge on any atom is -0.508 e. The molecule has 0 fully saturated rings. The molecule has 0 heterocycles. The molecule has 0 saturated carbocycles. The van der Waals surface area contributed by atoms with Gasteiger partial charge in [0.25, 0.3) is 5.69 Å². The molecule has 1 rings (SSSR count). The summed E-state index contributed by atoms with van der Waals surface area (Å²) in [7, 11) is 0. The predicted molar refractivity (Wildman–Crippen MR) is 62.8 cm³/mol. The lowest BCUT2D eigenvalue weighted by Crippen LogP contribution is -2.16. The molecule has 88 valence electrons. The van der Waals surface area contributed by atoms with Crippen molar-refractivity contribution in [2.45, 2.75) is 39.5 Å². The fourth-order valence-electron chi connectivity index (χ4n) is 1.61. The first-order valence-electron chi connectivity index (χ1n) is 5.28. The Morgan fingerprint density at radius 2 is 2.00 bits per heavy atom. The summed E-state index contributed by atoms with van der Waals surface area (Å²) in [5, 5.41) is 20.7. The fourth-order valence-corrected chi connectivity index (χ4v) is 1.61. The molecule has 1 aromatic rings. The minimum absolute atomic E-state index is 0.0642. The molecule has 4 heteroatoms. The van der Waals surface area contributed by atoms with E-state index < -0.39 is 4.92 Å². The van der Waals surface area contributed by atoms with Crippen LogP contribution in [0, 0.1) is 17.0 Å². The third-order valence-electron chi connectivity index (χ3n) is 3.12. The average Bonchev–Trinajstić information content (AvgIpc) is 2.16. The lowest BCUT2D eigenvalue weighted by molar-refractivity contribution is -0.385. The van der Waals surface area contributed by atoms with Gasteiger partial charge < -0.3 is 5.11 Å². The van der Waals surface area contributed by atoms with Gasteiger partial charge in [-0.25, -0.2) is 0 Å². The van der Waals surface area contributed by atoms with Gasteiger partial charge in [0.05, 0.1) is 4.92 Å². The third kappa shape index (κ3) is 2.15. The summed E-state index contributed by atoms with van der Waals surface area (Å²) in [5.74, 6) is 0.134. The number of benzene rings is 1. The van der Waals surface area contributed by atoms with Crippen molar-refractivity contribution in [1.29, 1.82) is 0 Å². The van der Waals surface area contributed by atoms with E-state index >= 15 is 0 Å². The van der Waals surface area contributed by atoms with E-state index in [0.717, 1.165) is 6.42 Å². The summed E-state index contributed by atoms with van der Waals surface area (Å²) < 4.78 is 0. The van der Waals surface area contributed by atoms with Crippen molar-refractivity contribution in [3.05, 3.63) is 33.4 Å². The van der Waals surface area contributed by atoms with Crippen molar-refractivity contribution in [3.8, 4) is 5.75 Å². The standard InChI is InChI=1S/C12H17NO3/c1-5-12(3,4)9-7-10(13(15)16)8(2)6-11(9)14/h6-7,14H,5H2,1-4H3. The maximum absolute atomic E-state index is 10.8. The molecule has 0 radical (unpaired) electrons. The molecular weight excluding hydrogens is 206 g/mol. The summed E-state index contributed by atoms with van der Waals surface area (Å²) in [6.07, 6.45) is 0.806. The molecule has 0 unspecified atom stereocenters. The number of nitro benzene ring substituents is 1. The highest BCUT2D eigenvalue weighted by Gasteiger charge is 2.25. The number of aromatic hydroxyl groups is 1. The second kappa shape index (κ2) is 4.12. The molecule has 0 bridgehead atoms. The zero-order chi connectivity index (χ0) is 12.5. The van der Waals surface area contributed by atoms with E-state index in [1.165, 1.54) is 12.1 Å². The lowest BCUT2D eigenvalue weighted by Gasteiger charge is -2.24. The van der Waals surface area contributed by atoms with E-state index in [9.17, 15) is 15.2 Å². The van der Waals surface area contributed by atoms with Crippen LogP contribution in [-0.4, -0.2) is 10.0 Å². The highest BCUT2D eigenvalue weighted by molar-refractivity contribution is 5.51. The number of hydrogen-bond acceptors (Lipinski definition) is 3. The Morgan fingerprint density at radius 1 is 1.44 bits per heavy atom. The molecule has 0 spiro atoms. The van der Waals surface area contributed by atoms with E-state index in [2.05, 4.69) is 0 Å². The van der Waals surface area contributed by atoms with Gasteiger partial charge in [0, 0.05) is 17.2 Å². The first kappa shape index (κ1) is 12.5. The average molecular weight is 223 g/mol. The quantitative estimate of drug-likeness (QED) is 0.631. The highest BCUT2D eigenvalue weighted by atomic mass is 16.6. The van der Waals surface area contributed by atoms with Crippen LogP contribution in [-0.2, 0) is 5.41 Å². The topological polar surface area (TPSA) is 63.4 Å². The van der Waals surface area contributed by atoms with Gasteiger partial charge in [-0.3, -0.25) is 10.1 Å². The van der Waals surface area contributed by atoms with Gasteiger partial charge >= 0.3 is 0 Å². The SMILES string of the molecule is CCC(C)(C)c1cc([N+](=O)[O-])c(C)cc1O. The molecule has 0 aromatic heterocycles. The molecule has 0 amide bonds. The number of aryl methyl sites for hydroxylation is 1. The molecule has 4 nitrogen and oxygen atoms in total. The van der Waals surface area contributed by atoms with Crippen molar-refractivity contribution in [1.82, 2.24) is 0 Å². The molecular formula is C12H17NO3. The minimum atomic E-state index is -0.413. The van der Waals surface area contributed by atoms with Gasteiger partial charge in [0.1, 0.15) is 5.75 Å². The van der Waals surface area contributed by atoms with Crippen molar-refractivity contribution < 1.29 is 10.0 Å². The molecule has 0 atom stereocenters. The maximum atomic E-state index is 10.8. The Morgan fingerprint density at radius 3 is 2.44 bits per heavy atom. The van der Waals surface area contributed by atoms with Crippen LogP contribution in [0.2, 0.25) is 0 Å². The maximum Gasteiger partial charge on any atom is 0.272 e. The summed E-state index contributed by atoms with van der Waals surface area (Å²) >= 11 is 0. The van der Waals surface area contributed by atoms with Gasteiger partial charge in [-0.05, 0) is 24.8 Å². The molecule has 0 aliphatic rings. The Labute approximate surface area is 95.1 Å². The number of nitrogens with zero attached hydrogens (tertiary/aromatic N) is 1. The molecule has 0 aliphatic heterocycles. The van der Waals surface area contributed by atoms with Crippen LogP contribution >= 0.6 is 0 Å². The molecule has 1 N–H and O–H groups in total. The van der Waals surface area contributed by atoms with Gasteiger partial charge in [-0.1, -0.05) is 20.8 Å². The summed E-state index contributed by atoms with van der Waals surface area (Å²) in [4.78, 5) is 10.4. The van der Waals surface area contributed by atoms with Crippen LogP contribution < -0.4 is 0 Å². The third-order valence-corrected chi connectivity index (χ3v) is 3.12. The summed E-state index contributed by atoms with van der Waals surface area (Å²) in [5.41, 5.74) is 0.919. The number of nitro groups is 1. The van der Waals surface area contributed by atoms with Crippen molar-refractivity contribution in [2.75, 3.05) is 0 Å². The number of rotatable bonds is 3. The fraction of sp³-hybridized carbons (Fsp3) is 0.500. The second-order valence-corrected chi connectivity index (χ2v) is 4.65. The van der Waals surface area contributed by atoms with Gasteiger partial charge in [0.2, 0.25) is 0 Å². The Bertz CT molecular complexity index is 425. The lowest BCUT2D eigenvalue weighted by atomic mass is 9.81. The number of hydrogen-bond donors (Lipinski definition) is 1. The molecule has 1 aromatic carbocycles. The zero-order valence-corrected chi connectivity index (χ0v) is 10.1. The van der Waals surface area contributed by atoms with Gasteiger partial charge in [-0.15, -0.1) is 0 Å². The van der Waals surface area contributed by atoms with Crippen LogP contribution in [0.5, 0.6) is 5.75 Å². The van der Waals surface area contributed by atoms with Crippen LogP contribution in [0.4, 0.5) is 5.69 Å². The van der Waals surface area contributed by atoms with Crippen LogP contribution in [0.3, 0.4) is 0 Å². The van der Waals surface area contributed by atoms with E-state index in [0.29, 0.717) is 11.1 Å². The van der Waals surface area contributed by atoms with Gasteiger partial charge in [-0.2, -0.15) is 0 Å². The van der Waals surface area contributed by atoms with Crippen LogP contribution in [0.25, 0.3) is 0 Å². The number of phenolic OH excluding ortho intramolecular Hbond substituents is 1. The monoisotopic (exact) mass is 223 g/mol. The Hall–Kier alpha value is -1.58. The first-order chi connectivity index (χ1) is 7.29. The normalized spacial score (nSPS) is 11.5. The Kier molecular flexibility index (Phi) is 3.21. The summed E-state index contributed by atoms with van der Waals surface area (Å²) in [6.45, 7) is 7.54. The molecule has 0 saturated heterocycles. The van der Waals surface area contributed by atoms with Crippen molar-refractivity contribution >= 4 is 5.69 Å². The van der Waals surface area contributed by atoms with E-state index in [4.69, 9.17) is 0 Å². The zero-order valence-electron chi connectivity index (χ0n) is 10.1. The first-order valence-corrected chi connectivity index (χ1v) is 5.28. The Balaban J connectivity index is 3.42. The molecule has 0 aliphatic carbocycles. The predicted octanol–water partition coefficient (Wildman–Crippen LogP) is 3.30. The van der Waals surface area contributed by atoms with Gasteiger partial charge in [0.15, 0.2) is 0 Å². The van der Waals surface area contributed by atoms with Crippen molar-refractivity contribution in [3.63, 3.8) is 0 Å². The largest absolute Gasteiger partial charge is 0.508 e. The summed E-state index contributed by atoms with van der Waals surface area (Å²) in [6, 6.07) is 2.94. The van der Waals surface area contributed by atoms with Crippen LogP contribution in [0.1, 0.15) is 38.3 Å². The highest BCUT2D eigenvalue weighted by Crippen LogP contribution is 2.37. The van der Waals surface area contributed by atoms with E-state index in [1.807, 2.05) is 20.8 Å². The smallest absolute Gasteiger partial charge is 0.272 e. The number of phenols is 1. The van der Waals surface area contributed by atoms with Crippen molar-refractivity contribution in [2.24, 2.45) is 0 Å². The molecule has 16 heavy (non-hydrogen) atoms. The van der Waals surface area contributed by atoms with E-state index in [1.54, 1.807) is 6.92 Å². The van der Waals surface area contributed by atoms with Crippen LogP contribution in [0.15, 0.2) is 12.1 Å². The second-order valence-electron chi connectivity index (χ2n) is 4.65.